The van der Waals surface area contributed by atoms with Crippen molar-refractivity contribution in [3.63, 3.8) is 0 Å². The van der Waals surface area contributed by atoms with Crippen LogP contribution in [-0.4, -0.2) is 95.6 Å². The Balaban J connectivity index is 1.32. The van der Waals surface area contributed by atoms with Gasteiger partial charge < -0.3 is 41.6 Å². The van der Waals surface area contributed by atoms with Crippen molar-refractivity contribution < 1.29 is 43.3 Å². The molecule has 0 saturated heterocycles. The molecule has 4 amide bonds. The van der Waals surface area contributed by atoms with E-state index in [1.165, 1.54) is 18.9 Å². The maximum atomic E-state index is 14.8. The zero-order chi connectivity index (χ0) is 43.3. The molecule has 15 heteroatoms. The molecule has 4 bridgehead atoms. The lowest BCUT2D eigenvalue weighted by Gasteiger charge is -2.63. The summed E-state index contributed by atoms with van der Waals surface area (Å²) in [5.41, 5.74) is 7.20. The lowest BCUT2D eigenvalue weighted by molar-refractivity contribution is -0.188. The first-order valence-electron chi connectivity index (χ1n) is 20.4. The van der Waals surface area contributed by atoms with Gasteiger partial charge in [-0.1, -0.05) is 30.3 Å². The second-order valence-electron chi connectivity index (χ2n) is 17.8. The van der Waals surface area contributed by atoms with Crippen LogP contribution < -0.4 is 27.0 Å². The Morgan fingerprint density at radius 2 is 1.51 bits per heavy atom. The van der Waals surface area contributed by atoms with E-state index < -0.39 is 76.9 Å². The Morgan fingerprint density at radius 1 is 0.881 bits per heavy atom. The molecule has 4 fully saturated rings. The molecule has 7 N–H and O–H groups in total. The zero-order valence-corrected chi connectivity index (χ0v) is 36.1. The Hall–Kier alpha value is -4.63. The van der Waals surface area contributed by atoms with Crippen LogP contribution in [0, 0.1) is 37.0 Å². The molecule has 4 unspecified atom stereocenters. The summed E-state index contributed by atoms with van der Waals surface area (Å²) in [7, 11) is 1.34. The van der Waals surface area contributed by atoms with Crippen molar-refractivity contribution in [2.75, 3.05) is 25.7 Å². The minimum Gasteiger partial charge on any atom is -0.508 e. The third-order valence-corrected chi connectivity index (χ3v) is 12.7. The van der Waals surface area contributed by atoms with E-state index >= 15 is 0 Å². The summed E-state index contributed by atoms with van der Waals surface area (Å²) in [4.78, 5) is 82.7. The summed E-state index contributed by atoms with van der Waals surface area (Å²) in [6.45, 7) is 8.17. The molecule has 4 aliphatic carbocycles. The van der Waals surface area contributed by atoms with Gasteiger partial charge in [0.05, 0.1) is 31.0 Å². The molecule has 0 aliphatic heterocycles. The molecule has 6 rings (SSSR count). The molecule has 2 aromatic carbocycles. The average Bonchev–Trinajstić information content (AvgIpc) is 3.14. The summed E-state index contributed by atoms with van der Waals surface area (Å²) in [5.74, 6) is -2.53. The van der Waals surface area contributed by atoms with Crippen molar-refractivity contribution in [3.8, 4) is 5.75 Å². The molecule has 6 atom stereocenters. The quantitative estimate of drug-likeness (QED) is 0.126. The first-order valence-corrected chi connectivity index (χ1v) is 21.8. The molecular formula is C44H61N5O9S. The molecule has 2 aromatic rings. The number of hydrogen-bond donors (Lipinski definition) is 6. The number of methoxy groups -OCH3 is 1. The highest BCUT2D eigenvalue weighted by Crippen LogP contribution is 2.64. The maximum absolute atomic E-state index is 14.8. The van der Waals surface area contributed by atoms with Crippen molar-refractivity contribution in [3.05, 3.63) is 64.7 Å². The van der Waals surface area contributed by atoms with Gasteiger partial charge in [0, 0.05) is 12.0 Å². The average molecular weight is 836 g/mol. The predicted molar refractivity (Wildman–Crippen MR) is 224 cm³/mol. The summed E-state index contributed by atoms with van der Waals surface area (Å²) in [6, 6.07) is 9.08. The van der Waals surface area contributed by atoms with E-state index in [2.05, 4.69) is 21.3 Å². The smallest absolute Gasteiger partial charge is 0.408 e. The first kappa shape index (κ1) is 45.5. The van der Waals surface area contributed by atoms with Crippen molar-refractivity contribution in [2.24, 2.45) is 28.9 Å². The van der Waals surface area contributed by atoms with Crippen LogP contribution in [0.15, 0.2) is 42.5 Å². The van der Waals surface area contributed by atoms with E-state index in [0.717, 1.165) is 17.5 Å². The molecule has 59 heavy (non-hydrogen) atoms. The van der Waals surface area contributed by atoms with Crippen LogP contribution in [0.4, 0.5) is 4.79 Å². The maximum Gasteiger partial charge on any atom is 0.408 e. The van der Waals surface area contributed by atoms with Gasteiger partial charge in [-0.3, -0.25) is 24.0 Å². The number of carbonyl (C=O) groups is 6. The highest BCUT2D eigenvalue weighted by molar-refractivity contribution is 7.98. The minimum atomic E-state index is -1.16. The van der Waals surface area contributed by atoms with Gasteiger partial charge in [-0.2, -0.15) is 11.8 Å². The lowest BCUT2D eigenvalue weighted by Crippen LogP contribution is -2.72. The second-order valence-corrected chi connectivity index (χ2v) is 18.8. The van der Waals surface area contributed by atoms with E-state index in [9.17, 15) is 33.9 Å². The number of hydrogen-bond acceptors (Lipinski definition) is 11. The molecule has 0 aromatic heterocycles. The number of aromatic hydroxyl groups is 1. The van der Waals surface area contributed by atoms with Crippen LogP contribution in [0.2, 0.25) is 0 Å². The highest BCUT2D eigenvalue weighted by atomic mass is 32.2. The predicted octanol–water partition coefficient (Wildman–Crippen LogP) is 3.79. The molecule has 4 saturated carbocycles. The van der Waals surface area contributed by atoms with Gasteiger partial charge in [-0.05, 0) is 138 Å². The van der Waals surface area contributed by atoms with E-state index in [1.54, 1.807) is 46.8 Å². The number of phenolic OH excluding ortho intramolecular Hbond substituents is 1. The van der Waals surface area contributed by atoms with Gasteiger partial charge in [0.1, 0.15) is 23.4 Å². The van der Waals surface area contributed by atoms with Crippen LogP contribution >= 0.6 is 11.8 Å². The minimum absolute atomic E-state index is 0.0444. The van der Waals surface area contributed by atoms with Crippen molar-refractivity contribution >= 4 is 47.3 Å². The number of nitrogens with two attached hydrogens (primary N) is 1. The number of phenols is 1. The molecule has 322 valence electrons. The number of benzene rings is 2. The standard InChI is InChI=1S/C44H61N5O9S/c1-25-15-30(50)16-26(2)31(25)19-34(49-41(56)58-42(3,4)5)39(54)48-32(13-14-59-7)38(53)46-24-35(51)47-33(18-27-11-9-8-10-12-27)36(52)37-43(40(55)57-6)20-28-17-29(21-43)23-44(37,45)22-28/h8-12,15-16,28-29,32-34,37,50H,13-14,17-24,45H2,1-7H3,(H,46,53)(H,47,51)(H,48,54)(H,49,56)/t28?,29?,32-,33+,34?,37?,43?,44?/m1/s1. The normalized spacial score (nSPS) is 24.6. The molecular weight excluding hydrogens is 775 g/mol. The zero-order valence-electron chi connectivity index (χ0n) is 35.3. The van der Waals surface area contributed by atoms with Crippen molar-refractivity contribution in [2.45, 2.75) is 115 Å². The SMILES string of the molecule is COC(=O)C12CC3CC(CC(N)(C3)C1C(=O)[C@H](Cc1ccccc1)NC(=O)CNC(=O)[C@@H](CCSC)NC(=O)C(Cc1c(C)cc(O)cc1C)NC(=O)OC(C)(C)C)C2. The van der Waals surface area contributed by atoms with Gasteiger partial charge >= 0.3 is 12.1 Å². The second kappa shape index (κ2) is 18.7. The molecule has 0 heterocycles. The van der Waals surface area contributed by atoms with Crippen LogP contribution in [0.25, 0.3) is 0 Å². The lowest BCUT2D eigenvalue weighted by atomic mass is 9.41. The van der Waals surface area contributed by atoms with Crippen molar-refractivity contribution in [1.29, 1.82) is 0 Å². The van der Waals surface area contributed by atoms with Gasteiger partial charge in [-0.15, -0.1) is 0 Å². The number of rotatable bonds is 17. The molecule has 0 radical (unpaired) electrons. The number of esters is 1. The van der Waals surface area contributed by atoms with Gasteiger partial charge in [-0.25, -0.2) is 4.79 Å². The third-order valence-electron chi connectivity index (χ3n) is 12.0. The monoisotopic (exact) mass is 835 g/mol. The molecule has 0 spiro atoms. The fourth-order valence-electron chi connectivity index (χ4n) is 10.0. The Labute approximate surface area is 351 Å². The molecule has 14 nitrogen and oxygen atoms in total. The van der Waals surface area contributed by atoms with Crippen LogP contribution in [0.3, 0.4) is 0 Å². The summed E-state index contributed by atoms with van der Waals surface area (Å²) >= 11 is 1.47. The number of ether oxygens (including phenoxy) is 2. The summed E-state index contributed by atoms with van der Waals surface area (Å²) < 4.78 is 10.8. The largest absolute Gasteiger partial charge is 0.508 e. The van der Waals surface area contributed by atoms with Gasteiger partial charge in [0.25, 0.3) is 0 Å². The van der Waals surface area contributed by atoms with Crippen molar-refractivity contribution in [1.82, 2.24) is 21.3 Å². The van der Waals surface area contributed by atoms with Crippen LogP contribution in [0.1, 0.15) is 81.5 Å². The number of carbonyl (C=O) groups excluding carboxylic acids is 6. The van der Waals surface area contributed by atoms with Crippen LogP contribution in [-0.2, 0) is 46.3 Å². The Bertz CT molecular complexity index is 1860. The van der Waals surface area contributed by atoms with Crippen LogP contribution in [0.5, 0.6) is 5.75 Å². The number of nitrogens with one attached hydrogen (secondary N) is 4. The highest BCUT2D eigenvalue weighted by Gasteiger charge is 2.68. The van der Waals surface area contributed by atoms with E-state index in [-0.39, 0.29) is 42.6 Å². The summed E-state index contributed by atoms with van der Waals surface area (Å²) in [6.07, 6.45) is 4.67. The number of amides is 4. The number of ketones is 1. The number of thioether (sulfide) groups is 1. The number of Topliss-reactive ketones (excluding diaryl/α,β-unsaturated/α-hetero) is 1. The number of aryl methyl sites for hydroxylation is 2. The van der Waals surface area contributed by atoms with Gasteiger partial charge in [0.2, 0.25) is 17.7 Å². The van der Waals surface area contributed by atoms with E-state index in [4.69, 9.17) is 15.2 Å². The van der Waals surface area contributed by atoms with Gasteiger partial charge in [0.15, 0.2) is 5.78 Å². The fourth-order valence-corrected chi connectivity index (χ4v) is 10.5. The summed E-state index contributed by atoms with van der Waals surface area (Å²) in [5, 5.41) is 21.0. The fraction of sp³-hybridized carbons (Fsp3) is 0.591. The topological polar surface area (TPSA) is 215 Å². The van der Waals surface area contributed by atoms with E-state index in [0.29, 0.717) is 42.6 Å². The third kappa shape index (κ3) is 11.0. The molecule has 4 aliphatic rings. The first-order chi connectivity index (χ1) is 27.8. The Morgan fingerprint density at radius 3 is 2.08 bits per heavy atom. The number of alkyl carbamates (subject to hydrolysis) is 1. The van der Waals surface area contributed by atoms with E-state index in [1.807, 2.05) is 36.6 Å². The Kier molecular flexibility index (Phi) is 14.4.